The van der Waals surface area contributed by atoms with Gasteiger partial charge in [0.15, 0.2) is 5.43 Å². The molecule has 3 aromatic rings. The standard InChI is InChI=1S/C18H11ClO6/c1-8-4-14-16(18(22)24-8)10(6-15(20)25-14)12-7-23-13-3-2-9(19)5-11(13)17(12)21/h2-5,7,10H,6H2,1H3. The first-order chi connectivity index (χ1) is 11.9. The summed E-state index contributed by atoms with van der Waals surface area (Å²) in [6.45, 7) is 1.57. The Morgan fingerprint density at radius 1 is 1.16 bits per heavy atom. The zero-order valence-corrected chi connectivity index (χ0v) is 13.8. The van der Waals surface area contributed by atoms with Gasteiger partial charge in [0.25, 0.3) is 0 Å². The second-order valence-corrected chi connectivity index (χ2v) is 6.25. The first-order valence-corrected chi connectivity index (χ1v) is 7.88. The number of benzene rings is 1. The molecule has 0 amide bonds. The van der Waals surface area contributed by atoms with Crippen LogP contribution in [-0.2, 0) is 4.79 Å². The van der Waals surface area contributed by atoms with Crippen molar-refractivity contribution in [2.75, 3.05) is 0 Å². The van der Waals surface area contributed by atoms with Gasteiger partial charge in [-0.3, -0.25) is 9.59 Å². The van der Waals surface area contributed by atoms with Crippen LogP contribution in [0.25, 0.3) is 11.0 Å². The third-order valence-corrected chi connectivity index (χ3v) is 4.39. The van der Waals surface area contributed by atoms with Crippen LogP contribution in [0.4, 0.5) is 0 Å². The Hall–Kier alpha value is -2.86. The molecule has 7 heteroatoms. The number of hydrogen-bond acceptors (Lipinski definition) is 6. The molecule has 0 spiro atoms. The van der Waals surface area contributed by atoms with E-state index in [4.69, 9.17) is 25.2 Å². The minimum atomic E-state index is -0.798. The number of carbonyl (C=O) groups is 1. The van der Waals surface area contributed by atoms with Crippen LogP contribution in [0.5, 0.6) is 5.75 Å². The van der Waals surface area contributed by atoms with E-state index in [1.165, 1.54) is 18.4 Å². The van der Waals surface area contributed by atoms with Crippen LogP contribution in [0.1, 0.15) is 29.2 Å². The van der Waals surface area contributed by atoms with Crippen LogP contribution < -0.4 is 15.8 Å². The number of esters is 1. The van der Waals surface area contributed by atoms with Crippen molar-refractivity contribution in [1.29, 1.82) is 0 Å². The van der Waals surface area contributed by atoms with Crippen molar-refractivity contribution in [3.8, 4) is 5.75 Å². The summed E-state index contributed by atoms with van der Waals surface area (Å²) in [6.07, 6.45) is 1.11. The van der Waals surface area contributed by atoms with E-state index in [1.807, 2.05) is 0 Å². The Kier molecular flexibility index (Phi) is 3.51. The number of carbonyl (C=O) groups excluding carboxylic acids is 1. The van der Waals surface area contributed by atoms with Gasteiger partial charge in [-0.05, 0) is 25.1 Å². The highest BCUT2D eigenvalue weighted by Gasteiger charge is 2.34. The van der Waals surface area contributed by atoms with E-state index in [0.29, 0.717) is 16.4 Å². The quantitative estimate of drug-likeness (QED) is 0.621. The zero-order chi connectivity index (χ0) is 17.7. The average Bonchev–Trinajstić information content (AvgIpc) is 2.54. The molecule has 25 heavy (non-hydrogen) atoms. The number of halogens is 1. The fourth-order valence-corrected chi connectivity index (χ4v) is 3.22. The first kappa shape index (κ1) is 15.7. The molecular formula is C18H11ClO6. The van der Waals surface area contributed by atoms with Crippen LogP contribution in [0.15, 0.2) is 49.0 Å². The fraction of sp³-hybridized carbons (Fsp3) is 0.167. The van der Waals surface area contributed by atoms with E-state index in [2.05, 4.69) is 0 Å². The lowest BCUT2D eigenvalue weighted by atomic mass is 9.87. The average molecular weight is 359 g/mol. The molecule has 2 aromatic heterocycles. The van der Waals surface area contributed by atoms with Gasteiger partial charge in [0, 0.05) is 22.6 Å². The summed E-state index contributed by atoms with van der Waals surface area (Å²) in [5.41, 5.74) is -0.303. The van der Waals surface area contributed by atoms with E-state index in [9.17, 15) is 14.4 Å². The van der Waals surface area contributed by atoms with E-state index in [-0.39, 0.29) is 34.1 Å². The van der Waals surface area contributed by atoms with Gasteiger partial charge in [0.05, 0.1) is 23.6 Å². The Balaban J connectivity index is 1.99. The van der Waals surface area contributed by atoms with Crippen molar-refractivity contribution in [3.05, 3.63) is 73.1 Å². The van der Waals surface area contributed by atoms with Gasteiger partial charge in [-0.2, -0.15) is 0 Å². The summed E-state index contributed by atoms with van der Waals surface area (Å²) in [6, 6.07) is 6.15. The van der Waals surface area contributed by atoms with Crippen molar-refractivity contribution < 1.29 is 18.4 Å². The minimum Gasteiger partial charge on any atom is -0.464 e. The maximum Gasteiger partial charge on any atom is 0.343 e. The molecule has 6 nitrogen and oxygen atoms in total. The molecule has 0 fully saturated rings. The lowest BCUT2D eigenvalue weighted by molar-refractivity contribution is -0.135. The SMILES string of the molecule is Cc1cc2c(c(=O)o1)C(c1coc3ccc(Cl)cc3c1=O)CC(=O)O2. The molecule has 0 radical (unpaired) electrons. The molecule has 0 saturated carbocycles. The Bertz CT molecular complexity index is 1140. The summed E-state index contributed by atoms with van der Waals surface area (Å²) in [7, 11) is 0. The monoisotopic (exact) mass is 358 g/mol. The molecule has 3 heterocycles. The normalized spacial score (nSPS) is 16.6. The fourth-order valence-electron chi connectivity index (χ4n) is 3.05. The third-order valence-electron chi connectivity index (χ3n) is 4.15. The van der Waals surface area contributed by atoms with E-state index in [1.54, 1.807) is 19.1 Å². The van der Waals surface area contributed by atoms with Crippen molar-refractivity contribution >= 4 is 28.5 Å². The number of fused-ring (bicyclic) bond motifs is 2. The molecule has 1 aromatic carbocycles. The molecule has 0 aliphatic carbocycles. The largest absolute Gasteiger partial charge is 0.464 e. The molecule has 1 aliphatic rings. The van der Waals surface area contributed by atoms with Gasteiger partial charge in [-0.25, -0.2) is 4.79 Å². The molecule has 1 atom stereocenters. The van der Waals surface area contributed by atoms with Gasteiger partial charge in [0.1, 0.15) is 17.1 Å². The first-order valence-electron chi connectivity index (χ1n) is 7.50. The topological polar surface area (TPSA) is 86.7 Å². The second kappa shape index (κ2) is 5.60. The van der Waals surface area contributed by atoms with Crippen molar-refractivity contribution in [3.63, 3.8) is 0 Å². The molecule has 0 N–H and O–H groups in total. The molecule has 0 saturated heterocycles. The molecule has 4 rings (SSSR count). The molecule has 1 aliphatic heterocycles. The summed E-state index contributed by atoms with van der Waals surface area (Å²) >= 11 is 5.96. The van der Waals surface area contributed by atoms with E-state index in [0.717, 1.165) is 0 Å². The lowest BCUT2D eigenvalue weighted by Crippen LogP contribution is -2.29. The van der Waals surface area contributed by atoms with E-state index < -0.39 is 17.5 Å². The maximum absolute atomic E-state index is 12.9. The van der Waals surface area contributed by atoms with Crippen molar-refractivity contribution in [2.45, 2.75) is 19.3 Å². The number of hydrogen-bond donors (Lipinski definition) is 0. The summed E-state index contributed by atoms with van der Waals surface area (Å²) in [5, 5.41) is 0.664. The van der Waals surface area contributed by atoms with Crippen LogP contribution in [-0.4, -0.2) is 5.97 Å². The second-order valence-electron chi connectivity index (χ2n) is 5.81. The van der Waals surface area contributed by atoms with E-state index >= 15 is 0 Å². The van der Waals surface area contributed by atoms with Crippen LogP contribution in [0.3, 0.4) is 0 Å². The number of ether oxygens (including phenoxy) is 1. The predicted octanol–water partition coefficient (Wildman–Crippen LogP) is 3.15. The van der Waals surface area contributed by atoms with Gasteiger partial charge in [0.2, 0.25) is 0 Å². The molecule has 126 valence electrons. The molecule has 1 unspecified atom stereocenters. The summed E-state index contributed by atoms with van der Waals surface area (Å²) < 4.78 is 15.7. The lowest BCUT2D eigenvalue weighted by Gasteiger charge is -2.22. The van der Waals surface area contributed by atoms with Gasteiger partial charge in [-0.1, -0.05) is 11.6 Å². The number of rotatable bonds is 1. The predicted molar refractivity (Wildman–Crippen MR) is 89.3 cm³/mol. The van der Waals surface area contributed by atoms with Crippen molar-refractivity contribution in [2.24, 2.45) is 0 Å². The molecule has 0 bridgehead atoms. The Morgan fingerprint density at radius 3 is 2.76 bits per heavy atom. The van der Waals surface area contributed by atoms with Crippen LogP contribution in [0, 0.1) is 6.92 Å². The highest BCUT2D eigenvalue weighted by atomic mass is 35.5. The van der Waals surface area contributed by atoms with Crippen molar-refractivity contribution in [1.82, 2.24) is 0 Å². The Labute approximate surface area is 145 Å². The minimum absolute atomic E-state index is 0.112. The maximum atomic E-state index is 12.9. The highest BCUT2D eigenvalue weighted by molar-refractivity contribution is 6.31. The Morgan fingerprint density at radius 2 is 1.96 bits per heavy atom. The number of aryl methyl sites for hydroxylation is 1. The highest BCUT2D eigenvalue weighted by Crippen LogP contribution is 2.36. The van der Waals surface area contributed by atoms with Gasteiger partial charge < -0.3 is 13.6 Å². The van der Waals surface area contributed by atoms with Crippen LogP contribution in [0.2, 0.25) is 5.02 Å². The van der Waals surface area contributed by atoms with Crippen LogP contribution >= 0.6 is 11.6 Å². The van der Waals surface area contributed by atoms with Gasteiger partial charge in [-0.15, -0.1) is 0 Å². The summed E-state index contributed by atoms with van der Waals surface area (Å²) in [4.78, 5) is 37.1. The van der Waals surface area contributed by atoms with Gasteiger partial charge >= 0.3 is 11.6 Å². The smallest absolute Gasteiger partial charge is 0.343 e. The third kappa shape index (κ3) is 2.55. The zero-order valence-electron chi connectivity index (χ0n) is 13.0. The summed E-state index contributed by atoms with van der Waals surface area (Å²) in [5.74, 6) is -0.907. The molecular weight excluding hydrogens is 348 g/mol.